The van der Waals surface area contributed by atoms with Crippen LogP contribution in [0.3, 0.4) is 0 Å². The van der Waals surface area contributed by atoms with E-state index in [9.17, 15) is 19.2 Å². The monoisotopic (exact) mass is 824 g/mol. The lowest BCUT2D eigenvalue weighted by Gasteiger charge is -2.30. The molecule has 2 fully saturated rings. The predicted molar refractivity (Wildman–Crippen MR) is 226 cm³/mol. The number of carbonyl (C=O) groups is 4. The van der Waals surface area contributed by atoms with Crippen LogP contribution in [0.25, 0.3) is 44.4 Å². The number of rotatable bonds is 11. The fourth-order valence-electron chi connectivity index (χ4n) is 8.31. The van der Waals surface area contributed by atoms with Crippen molar-refractivity contribution < 1.29 is 28.7 Å². The molecule has 8 rings (SSSR count). The molecule has 6 aromatic rings. The summed E-state index contributed by atoms with van der Waals surface area (Å²) in [6, 6.07) is 18.7. The van der Waals surface area contributed by atoms with Crippen LogP contribution in [0, 0.1) is 5.92 Å². The Bertz CT molecular complexity index is 2540. The normalized spacial score (nSPS) is 17.3. The number of aromatic nitrogens is 6. The number of carbonyl (C=O) groups excluding carboxylic acids is 4. The van der Waals surface area contributed by atoms with E-state index in [-0.39, 0.29) is 29.8 Å². The van der Waals surface area contributed by atoms with Crippen molar-refractivity contribution in [3.05, 3.63) is 109 Å². The highest BCUT2D eigenvalue weighted by atomic mass is 16.5. The molecule has 5 heterocycles. The quantitative estimate of drug-likeness (QED) is 0.107. The Morgan fingerprint density at radius 2 is 1.20 bits per heavy atom. The van der Waals surface area contributed by atoms with Gasteiger partial charge in [0.15, 0.2) is 6.04 Å². The van der Waals surface area contributed by atoms with E-state index < -0.39 is 24.3 Å². The van der Waals surface area contributed by atoms with Crippen molar-refractivity contribution in [2.24, 2.45) is 5.92 Å². The van der Waals surface area contributed by atoms with Crippen molar-refractivity contribution in [3.63, 3.8) is 0 Å². The van der Waals surface area contributed by atoms with Crippen LogP contribution in [0.4, 0.5) is 9.59 Å². The Labute approximate surface area is 352 Å². The number of hydrogen-bond acceptors (Lipinski definition) is 10. The summed E-state index contributed by atoms with van der Waals surface area (Å²) in [6.45, 7) is 4.90. The van der Waals surface area contributed by atoms with Gasteiger partial charge in [0.05, 0.1) is 62.0 Å². The molecule has 3 aromatic heterocycles. The van der Waals surface area contributed by atoms with Gasteiger partial charge in [0.1, 0.15) is 17.7 Å². The van der Waals surface area contributed by atoms with Gasteiger partial charge in [-0.05, 0) is 71.2 Å². The number of imidazole rings is 2. The fraction of sp³-hybridized carbons (Fsp3) is 0.333. The molecular weight excluding hydrogens is 777 g/mol. The molecule has 0 spiro atoms. The number of ether oxygens (including phenoxy) is 2. The molecule has 0 radical (unpaired) electrons. The number of nitrogens with zero attached hydrogens (tertiary/aromatic N) is 6. The molecule has 2 aliphatic rings. The maximum Gasteiger partial charge on any atom is 0.407 e. The Morgan fingerprint density at radius 1 is 0.656 bits per heavy atom. The van der Waals surface area contributed by atoms with Crippen LogP contribution in [0.1, 0.15) is 75.0 Å². The van der Waals surface area contributed by atoms with Crippen molar-refractivity contribution in [1.29, 1.82) is 0 Å². The summed E-state index contributed by atoms with van der Waals surface area (Å²) < 4.78 is 9.55. The number of benzene rings is 3. The molecule has 2 unspecified atom stereocenters. The van der Waals surface area contributed by atoms with Crippen LogP contribution < -0.4 is 10.6 Å². The maximum atomic E-state index is 13.9. The number of methoxy groups -OCH3 is 2. The third-order valence-corrected chi connectivity index (χ3v) is 11.5. The first-order valence-corrected chi connectivity index (χ1v) is 20.4. The van der Waals surface area contributed by atoms with E-state index in [1.807, 2.05) is 24.9 Å². The molecule has 2 aliphatic heterocycles. The first-order chi connectivity index (χ1) is 29.6. The SMILES string of the molecule is COC(=O)NC(C(=O)N1CCC[C@H]1c1ncc(-c2ccc(-c3ccc4cc(-c5cnc([C@@H]6CCCN6C(=O)C(NC(=O)OC)C(C)C)[nH]5)ccc4c3)cc2)[nH]1)c1cnccn1. The highest BCUT2D eigenvalue weighted by molar-refractivity contribution is 5.91. The zero-order valence-corrected chi connectivity index (χ0v) is 34.4. The Balaban J connectivity index is 0.942. The standard InChI is InChI=1S/C45H48N10O6/c1-26(2)38(52-44(58)60-3)42(56)54-19-5-7-36(54)41-49-25-34(51-41)32-16-15-30-21-29(13-14-31(30)22-32)27-9-11-28(12-10-27)33-24-48-40(50-33)37-8-6-20-55(37)43(57)39(53-45(59)61-4)35-23-46-17-18-47-35/h9-18,21-26,36-39H,5-8,19-20H2,1-4H3,(H,48,50)(H,49,51)(H,52,58)(H,53,59)/t36-,37-,38?,39?/m0/s1. The lowest BCUT2D eigenvalue weighted by Crippen LogP contribution is -2.51. The van der Waals surface area contributed by atoms with Crippen LogP contribution in [0.5, 0.6) is 0 Å². The summed E-state index contributed by atoms with van der Waals surface area (Å²) in [5, 5.41) is 7.48. The van der Waals surface area contributed by atoms with Crippen LogP contribution >= 0.6 is 0 Å². The average molecular weight is 825 g/mol. The van der Waals surface area contributed by atoms with Crippen molar-refractivity contribution in [2.45, 2.75) is 63.7 Å². The van der Waals surface area contributed by atoms with Crippen molar-refractivity contribution >= 4 is 34.8 Å². The van der Waals surface area contributed by atoms with Gasteiger partial charge in [0.2, 0.25) is 5.91 Å². The highest BCUT2D eigenvalue weighted by Crippen LogP contribution is 2.36. The number of amides is 4. The molecule has 4 atom stereocenters. The van der Waals surface area contributed by atoms with Gasteiger partial charge in [-0.15, -0.1) is 0 Å². The number of aromatic amines is 2. The van der Waals surface area contributed by atoms with E-state index in [0.29, 0.717) is 31.0 Å². The molecule has 16 heteroatoms. The van der Waals surface area contributed by atoms with Crippen LogP contribution in [0.2, 0.25) is 0 Å². The van der Waals surface area contributed by atoms with E-state index in [1.54, 1.807) is 11.1 Å². The van der Waals surface area contributed by atoms with Crippen LogP contribution in [-0.4, -0.2) is 97.1 Å². The minimum Gasteiger partial charge on any atom is -0.453 e. The number of hydrogen-bond donors (Lipinski definition) is 4. The summed E-state index contributed by atoms with van der Waals surface area (Å²) in [6.07, 6.45) is 9.79. The first-order valence-electron chi connectivity index (χ1n) is 20.4. The van der Waals surface area contributed by atoms with E-state index in [4.69, 9.17) is 14.5 Å². The Kier molecular flexibility index (Phi) is 11.8. The molecule has 3 aromatic carbocycles. The highest BCUT2D eigenvalue weighted by Gasteiger charge is 2.39. The summed E-state index contributed by atoms with van der Waals surface area (Å²) in [5.74, 6) is 0.824. The topological polar surface area (TPSA) is 200 Å². The summed E-state index contributed by atoms with van der Waals surface area (Å²) in [5.41, 5.74) is 6.08. The summed E-state index contributed by atoms with van der Waals surface area (Å²) in [7, 11) is 2.54. The molecule has 61 heavy (non-hydrogen) atoms. The van der Waals surface area contributed by atoms with E-state index in [2.05, 4.69) is 96.2 Å². The van der Waals surface area contributed by atoms with Crippen molar-refractivity contribution in [2.75, 3.05) is 27.3 Å². The second-order valence-electron chi connectivity index (χ2n) is 15.7. The molecule has 0 saturated carbocycles. The van der Waals surface area contributed by atoms with Crippen molar-refractivity contribution in [3.8, 4) is 33.6 Å². The molecular formula is C45H48N10O6. The van der Waals surface area contributed by atoms with Gasteiger partial charge < -0.3 is 39.9 Å². The van der Waals surface area contributed by atoms with Crippen LogP contribution in [0.15, 0.2) is 91.6 Å². The zero-order valence-electron chi connectivity index (χ0n) is 34.4. The third kappa shape index (κ3) is 8.51. The van der Waals surface area contributed by atoms with Crippen LogP contribution in [-0.2, 0) is 19.1 Å². The van der Waals surface area contributed by atoms with E-state index >= 15 is 0 Å². The molecule has 314 valence electrons. The molecule has 4 amide bonds. The van der Waals surface area contributed by atoms with Gasteiger partial charge in [-0.1, -0.05) is 62.4 Å². The number of nitrogens with one attached hydrogen (secondary N) is 4. The van der Waals surface area contributed by atoms with Gasteiger partial charge >= 0.3 is 12.2 Å². The lowest BCUT2D eigenvalue weighted by molar-refractivity contribution is -0.136. The molecule has 4 N–H and O–H groups in total. The third-order valence-electron chi connectivity index (χ3n) is 11.5. The average Bonchev–Trinajstić information content (AvgIpc) is 4.14. The van der Waals surface area contributed by atoms with Gasteiger partial charge in [0, 0.05) is 31.0 Å². The minimum atomic E-state index is -1.05. The van der Waals surface area contributed by atoms with E-state index in [1.165, 1.54) is 32.8 Å². The fourth-order valence-corrected chi connectivity index (χ4v) is 8.31. The number of H-pyrrole nitrogens is 2. The van der Waals surface area contributed by atoms with Gasteiger partial charge in [0.25, 0.3) is 5.91 Å². The molecule has 0 aliphatic carbocycles. The van der Waals surface area contributed by atoms with E-state index in [0.717, 1.165) is 69.5 Å². The van der Waals surface area contributed by atoms with Gasteiger partial charge in [-0.2, -0.15) is 0 Å². The second-order valence-corrected chi connectivity index (χ2v) is 15.7. The zero-order chi connectivity index (χ0) is 42.6. The smallest absolute Gasteiger partial charge is 0.407 e. The first kappa shape index (κ1) is 40.7. The Morgan fingerprint density at radius 3 is 1.79 bits per heavy atom. The summed E-state index contributed by atoms with van der Waals surface area (Å²) >= 11 is 0. The second kappa shape index (κ2) is 17.6. The van der Waals surface area contributed by atoms with Crippen molar-refractivity contribution in [1.82, 2.24) is 50.3 Å². The predicted octanol–water partition coefficient (Wildman–Crippen LogP) is 6.88. The van der Waals surface area contributed by atoms with Gasteiger partial charge in [-0.25, -0.2) is 19.6 Å². The number of likely N-dealkylation sites (tertiary alicyclic amines) is 2. The Hall–Kier alpha value is -7.10. The largest absolute Gasteiger partial charge is 0.453 e. The number of fused-ring (bicyclic) bond motifs is 1. The number of alkyl carbamates (subject to hydrolysis) is 2. The maximum absolute atomic E-state index is 13.9. The lowest BCUT2D eigenvalue weighted by atomic mass is 9.98. The minimum absolute atomic E-state index is 0.111. The summed E-state index contributed by atoms with van der Waals surface area (Å²) in [4.78, 5) is 79.8. The molecule has 16 nitrogen and oxygen atoms in total. The molecule has 2 saturated heterocycles. The molecule has 0 bridgehead atoms. The van der Waals surface area contributed by atoms with Gasteiger partial charge in [-0.3, -0.25) is 19.6 Å².